The third-order valence-electron chi connectivity index (χ3n) is 12.1. The van der Waals surface area contributed by atoms with Crippen molar-refractivity contribution >= 4 is 57.4 Å². The standard InChI is InChI=1S/C43H59N9O8S/c1-43(2,59)36-25-46-50-52(36)32-24-35(40(56)48-33(37(53)38(44)54)14-8-9-19-45-42(58)47-31-17-20-61(60)21-18-31)51(26-32)41(57)34(22-27-10-4-3-5-11-27)49-39(55)30-16-15-28-12-6-7-13-29(28)23-30/h6-7,12-13,15-16,23,25,27,31-35,59H,3-5,8-11,14,17-22,24,26H2,1-2H3,(H2,44,54)(H,48,56)(H,49,55)(H2,45,47,58)/t31?,32-,33?,34?,35-,61?/m0/s1. The number of ketones is 1. The van der Waals surface area contributed by atoms with Crippen LogP contribution in [-0.2, 0) is 36.0 Å². The Labute approximate surface area is 358 Å². The zero-order chi connectivity index (χ0) is 43.7. The van der Waals surface area contributed by atoms with Crippen molar-refractivity contribution in [3.05, 3.63) is 59.9 Å². The molecule has 3 heterocycles. The summed E-state index contributed by atoms with van der Waals surface area (Å²) < 4.78 is 13.1. The van der Waals surface area contributed by atoms with E-state index in [0.29, 0.717) is 54.9 Å². The molecule has 3 fully saturated rings. The number of Topliss-reactive ketones (excluding diaryl/α,β-unsaturated/α-hetero) is 1. The zero-order valence-corrected chi connectivity index (χ0v) is 35.8. The number of rotatable bonds is 17. The summed E-state index contributed by atoms with van der Waals surface area (Å²) in [6, 6.07) is 8.53. The SMILES string of the molecule is CC(C)(O)c1cnnn1[C@H]1C[C@@H](C(=O)NC(CCCCNC(=O)NC2CC[S+]([O-])CC2)C(=O)C(N)=O)N(C(=O)C(CC2CCCCC2)NC(=O)c2ccc3ccccc3c2)C1. The van der Waals surface area contributed by atoms with Gasteiger partial charge in [0.05, 0.1) is 24.0 Å². The first-order chi connectivity index (χ1) is 29.2. The molecule has 2 aliphatic heterocycles. The van der Waals surface area contributed by atoms with Crippen LogP contribution in [0, 0.1) is 5.92 Å². The van der Waals surface area contributed by atoms with E-state index in [1.54, 1.807) is 26.0 Å². The molecule has 0 bridgehead atoms. The first kappa shape index (κ1) is 45.5. The monoisotopic (exact) mass is 861 g/mol. The lowest BCUT2D eigenvalue weighted by molar-refractivity contribution is -0.142. The number of nitrogens with zero attached hydrogens (tertiary/aromatic N) is 4. The number of aromatic nitrogens is 3. The number of nitrogens with one attached hydrogen (secondary N) is 4. The number of carbonyl (C=O) groups is 6. The fourth-order valence-corrected chi connectivity index (χ4v) is 10.0. The van der Waals surface area contributed by atoms with Gasteiger partial charge in [0.2, 0.25) is 17.6 Å². The summed E-state index contributed by atoms with van der Waals surface area (Å²) in [7, 11) is 0. The summed E-state index contributed by atoms with van der Waals surface area (Å²) in [5, 5.41) is 32.4. The quantitative estimate of drug-likeness (QED) is 0.0657. The van der Waals surface area contributed by atoms with Gasteiger partial charge in [0.15, 0.2) is 0 Å². The van der Waals surface area contributed by atoms with Gasteiger partial charge in [-0.2, -0.15) is 0 Å². The highest BCUT2D eigenvalue weighted by atomic mass is 32.2. The number of aliphatic hydroxyl groups is 1. The average molecular weight is 862 g/mol. The molecule has 6 amide bonds. The minimum atomic E-state index is -1.36. The molecule has 7 N–H and O–H groups in total. The van der Waals surface area contributed by atoms with Crippen LogP contribution in [-0.4, -0.2) is 114 Å². The number of hydrogen-bond donors (Lipinski definition) is 6. The maximum absolute atomic E-state index is 14.9. The third-order valence-corrected chi connectivity index (χ3v) is 13.5. The molecule has 1 aromatic heterocycles. The van der Waals surface area contributed by atoms with Gasteiger partial charge in [-0.3, -0.25) is 24.0 Å². The van der Waals surface area contributed by atoms with E-state index < -0.39 is 70.4 Å². The van der Waals surface area contributed by atoms with Crippen LogP contribution in [0.1, 0.15) is 113 Å². The summed E-state index contributed by atoms with van der Waals surface area (Å²) in [6.07, 6.45) is 8.81. The topological polar surface area (TPSA) is 254 Å². The summed E-state index contributed by atoms with van der Waals surface area (Å²) >= 11 is -0.848. The van der Waals surface area contributed by atoms with E-state index in [1.807, 2.05) is 30.3 Å². The van der Waals surface area contributed by atoms with E-state index in [4.69, 9.17) is 5.73 Å². The fourth-order valence-electron chi connectivity index (χ4n) is 8.74. The molecule has 4 atom stereocenters. The smallest absolute Gasteiger partial charge is 0.315 e. The van der Waals surface area contributed by atoms with E-state index in [-0.39, 0.29) is 43.9 Å². The second kappa shape index (κ2) is 20.7. The Morgan fingerprint density at radius 1 is 0.951 bits per heavy atom. The van der Waals surface area contributed by atoms with Crippen molar-refractivity contribution in [1.82, 2.24) is 41.2 Å². The highest BCUT2D eigenvalue weighted by Crippen LogP contribution is 2.34. The van der Waals surface area contributed by atoms with Crippen molar-refractivity contribution in [1.29, 1.82) is 0 Å². The van der Waals surface area contributed by atoms with E-state index in [9.17, 15) is 38.4 Å². The minimum absolute atomic E-state index is 0.0166. The van der Waals surface area contributed by atoms with Crippen molar-refractivity contribution in [3.63, 3.8) is 0 Å². The number of likely N-dealkylation sites (tertiary alicyclic amines) is 1. The van der Waals surface area contributed by atoms with Crippen molar-refractivity contribution in [2.75, 3.05) is 24.6 Å². The van der Waals surface area contributed by atoms with E-state index >= 15 is 0 Å². The molecule has 2 unspecified atom stereocenters. The van der Waals surface area contributed by atoms with Gasteiger partial charge in [0.1, 0.15) is 29.2 Å². The van der Waals surface area contributed by atoms with E-state index in [2.05, 4.69) is 31.6 Å². The molecule has 0 radical (unpaired) electrons. The number of benzene rings is 2. The Bertz CT molecular complexity index is 2040. The lowest BCUT2D eigenvalue weighted by Crippen LogP contribution is -2.56. The molecular weight excluding hydrogens is 803 g/mol. The molecule has 1 aliphatic carbocycles. The van der Waals surface area contributed by atoms with Gasteiger partial charge < -0.3 is 41.6 Å². The van der Waals surface area contributed by atoms with Crippen LogP contribution in [0.2, 0.25) is 0 Å². The second-order valence-corrected chi connectivity index (χ2v) is 18.9. The Morgan fingerprint density at radius 3 is 2.38 bits per heavy atom. The highest BCUT2D eigenvalue weighted by molar-refractivity contribution is 7.91. The van der Waals surface area contributed by atoms with Gasteiger partial charge in [-0.1, -0.05) is 78.8 Å². The number of fused-ring (bicyclic) bond motifs is 1. The van der Waals surface area contributed by atoms with Crippen LogP contribution in [0.25, 0.3) is 10.8 Å². The molecule has 1 saturated carbocycles. The predicted octanol–water partition coefficient (Wildman–Crippen LogP) is 2.49. The Balaban J connectivity index is 1.19. The van der Waals surface area contributed by atoms with E-state index in [0.717, 1.165) is 42.9 Å². The fraction of sp³-hybridized carbons (Fsp3) is 0.581. The molecule has 3 aliphatic rings. The van der Waals surface area contributed by atoms with Crippen LogP contribution < -0.4 is 27.0 Å². The van der Waals surface area contributed by atoms with Crippen molar-refractivity contribution in [3.8, 4) is 0 Å². The minimum Gasteiger partial charge on any atom is -0.616 e. The molecule has 330 valence electrons. The van der Waals surface area contributed by atoms with Gasteiger partial charge in [-0.15, -0.1) is 5.10 Å². The first-order valence-corrected chi connectivity index (χ1v) is 22.9. The van der Waals surface area contributed by atoms with Crippen molar-refractivity contribution < 1.29 is 38.4 Å². The molecule has 2 aromatic carbocycles. The number of nitrogens with two attached hydrogens (primary N) is 1. The summed E-state index contributed by atoms with van der Waals surface area (Å²) in [6.45, 7) is 3.40. The van der Waals surface area contributed by atoms with Crippen molar-refractivity contribution in [2.45, 2.75) is 127 Å². The van der Waals surface area contributed by atoms with Gasteiger partial charge in [-0.05, 0) is 68.4 Å². The van der Waals surface area contributed by atoms with Crippen LogP contribution in [0.15, 0.2) is 48.7 Å². The predicted molar refractivity (Wildman–Crippen MR) is 228 cm³/mol. The number of urea groups is 1. The Morgan fingerprint density at radius 2 is 1.67 bits per heavy atom. The highest BCUT2D eigenvalue weighted by Gasteiger charge is 2.45. The second-order valence-electron chi connectivity index (χ2n) is 17.2. The lowest BCUT2D eigenvalue weighted by Gasteiger charge is -2.32. The van der Waals surface area contributed by atoms with Crippen LogP contribution in [0.4, 0.5) is 4.79 Å². The number of primary amides is 1. The molecule has 18 heteroatoms. The van der Waals surface area contributed by atoms with Gasteiger partial charge >= 0.3 is 6.03 Å². The third kappa shape index (κ3) is 12.1. The molecule has 6 rings (SSSR count). The molecule has 0 spiro atoms. The molecule has 3 aromatic rings. The zero-order valence-electron chi connectivity index (χ0n) is 35.0. The van der Waals surface area contributed by atoms with Crippen LogP contribution >= 0.6 is 0 Å². The Kier molecular flexibility index (Phi) is 15.4. The average Bonchev–Trinajstić information content (AvgIpc) is 3.92. The molecule has 61 heavy (non-hydrogen) atoms. The van der Waals surface area contributed by atoms with E-state index in [1.165, 1.54) is 15.8 Å². The van der Waals surface area contributed by atoms with Crippen molar-refractivity contribution in [2.24, 2.45) is 11.7 Å². The summed E-state index contributed by atoms with van der Waals surface area (Å²) in [5.74, 6) is -2.56. The normalized spacial score (nSPS) is 21.9. The largest absolute Gasteiger partial charge is 0.616 e. The number of hydrogen-bond acceptors (Lipinski definition) is 10. The summed E-state index contributed by atoms with van der Waals surface area (Å²) in [4.78, 5) is 82.4. The number of amides is 6. The summed E-state index contributed by atoms with van der Waals surface area (Å²) in [5.41, 5.74) is 4.83. The maximum atomic E-state index is 14.9. The molecule has 2 saturated heterocycles. The molecule has 17 nitrogen and oxygen atoms in total. The molecular formula is C43H59N9O8S. The maximum Gasteiger partial charge on any atom is 0.315 e. The first-order valence-electron chi connectivity index (χ1n) is 21.4. The van der Waals surface area contributed by atoms with Crippen LogP contribution in [0.3, 0.4) is 0 Å². The van der Waals surface area contributed by atoms with Gasteiger partial charge in [-0.25, -0.2) is 9.48 Å². The van der Waals surface area contributed by atoms with Crippen LogP contribution in [0.5, 0.6) is 0 Å². The lowest BCUT2D eigenvalue weighted by atomic mass is 9.84. The number of unbranched alkanes of at least 4 members (excludes halogenated alkanes) is 1. The van der Waals surface area contributed by atoms with Gasteiger partial charge in [0.25, 0.3) is 11.8 Å². The Hall–Kier alpha value is -5.07. The van der Waals surface area contributed by atoms with Gasteiger partial charge in [0, 0.05) is 44.0 Å². The number of carbonyl (C=O) groups excluding carboxylic acids is 6.